The highest BCUT2D eigenvalue weighted by molar-refractivity contribution is 6.01. The Labute approximate surface area is 126 Å². The minimum Gasteiger partial charge on any atom is -0.387 e. The molecule has 2 aromatic heterocycles. The molecule has 1 atom stereocenters. The second kappa shape index (κ2) is 9.64. The lowest BCUT2D eigenvalue weighted by molar-refractivity contribution is 0.0857. The van der Waals surface area contributed by atoms with E-state index in [9.17, 15) is 0 Å². The van der Waals surface area contributed by atoms with Gasteiger partial charge in [-0.2, -0.15) is 0 Å². The van der Waals surface area contributed by atoms with Crippen LogP contribution in [0.5, 0.6) is 0 Å². The molecule has 0 saturated carbocycles. The summed E-state index contributed by atoms with van der Waals surface area (Å²) >= 11 is 0. The number of nitrogens with zero attached hydrogens (tertiary/aromatic N) is 3. The van der Waals surface area contributed by atoms with Crippen molar-refractivity contribution in [3.8, 4) is 0 Å². The van der Waals surface area contributed by atoms with Crippen molar-refractivity contribution in [1.29, 1.82) is 0 Å². The maximum Gasteiger partial charge on any atom is 0.158 e. The molecule has 0 amide bonds. The van der Waals surface area contributed by atoms with Gasteiger partial charge in [0.1, 0.15) is 0 Å². The zero-order valence-corrected chi connectivity index (χ0v) is 13.2. The predicted octanol–water partition coefficient (Wildman–Crippen LogP) is 4.39. The van der Waals surface area contributed by atoms with E-state index in [1.165, 1.54) is 0 Å². The minimum atomic E-state index is 0.00108. The van der Waals surface area contributed by atoms with Gasteiger partial charge in [-0.25, -0.2) is 0 Å². The van der Waals surface area contributed by atoms with Gasteiger partial charge in [0.2, 0.25) is 0 Å². The van der Waals surface area contributed by atoms with E-state index in [1.54, 1.807) is 24.8 Å². The van der Waals surface area contributed by atoms with Gasteiger partial charge in [-0.3, -0.25) is 9.97 Å². The Balaban J connectivity index is 0.000000510. The molecule has 1 aliphatic heterocycles. The molecule has 0 spiro atoms. The van der Waals surface area contributed by atoms with Gasteiger partial charge in [-0.05, 0) is 29.8 Å². The molecule has 3 heterocycles. The molecule has 2 aromatic rings. The van der Waals surface area contributed by atoms with Gasteiger partial charge in [0.15, 0.2) is 6.10 Å². The monoisotopic (exact) mass is 285 g/mol. The molecule has 112 valence electrons. The molecular weight excluding hydrogens is 262 g/mol. The largest absolute Gasteiger partial charge is 0.387 e. The Morgan fingerprint density at radius 1 is 0.857 bits per heavy atom. The summed E-state index contributed by atoms with van der Waals surface area (Å²) in [5.74, 6) is 0. The van der Waals surface area contributed by atoms with Crippen LogP contribution in [-0.2, 0) is 4.84 Å². The van der Waals surface area contributed by atoms with Crippen molar-refractivity contribution in [2.45, 2.75) is 40.2 Å². The average molecular weight is 285 g/mol. The van der Waals surface area contributed by atoms with Crippen LogP contribution in [0.25, 0.3) is 0 Å². The molecule has 3 rings (SSSR count). The Morgan fingerprint density at radius 2 is 1.38 bits per heavy atom. The smallest absolute Gasteiger partial charge is 0.158 e. The van der Waals surface area contributed by atoms with Crippen LogP contribution in [-0.4, -0.2) is 15.7 Å². The van der Waals surface area contributed by atoms with Crippen LogP contribution < -0.4 is 0 Å². The second-order valence-electron chi connectivity index (χ2n) is 3.85. The molecule has 0 aromatic carbocycles. The molecule has 0 fully saturated rings. The summed E-state index contributed by atoms with van der Waals surface area (Å²) in [6, 6.07) is 7.79. The predicted molar refractivity (Wildman–Crippen MR) is 86.2 cm³/mol. The summed E-state index contributed by atoms with van der Waals surface area (Å²) in [7, 11) is 0. The lowest BCUT2D eigenvalue weighted by Gasteiger charge is -2.06. The van der Waals surface area contributed by atoms with Crippen molar-refractivity contribution >= 4 is 5.71 Å². The number of rotatable bonds is 2. The lowest BCUT2D eigenvalue weighted by Crippen LogP contribution is -2.01. The molecule has 0 saturated heterocycles. The first kappa shape index (κ1) is 16.8. The molecule has 21 heavy (non-hydrogen) atoms. The Hall–Kier alpha value is -2.23. The molecule has 0 bridgehead atoms. The first-order valence-corrected chi connectivity index (χ1v) is 7.46. The number of pyridine rings is 2. The standard InChI is InChI=1S/C13H11N3O.2C2H6/c1-5-14-6-2-10(1)12-9-13(17-16-12)11-3-7-15-8-4-11;2*1-2/h1-8,13H,9H2;2*1-2H3. The summed E-state index contributed by atoms with van der Waals surface area (Å²) < 4.78 is 0. The molecular formula is C17H23N3O. The fourth-order valence-corrected chi connectivity index (χ4v) is 1.85. The highest BCUT2D eigenvalue weighted by Crippen LogP contribution is 2.28. The highest BCUT2D eigenvalue weighted by Gasteiger charge is 2.23. The van der Waals surface area contributed by atoms with E-state index in [0.29, 0.717) is 0 Å². The number of oxime groups is 1. The van der Waals surface area contributed by atoms with Crippen molar-refractivity contribution in [2.75, 3.05) is 0 Å². The quantitative estimate of drug-likeness (QED) is 0.822. The third kappa shape index (κ3) is 4.67. The van der Waals surface area contributed by atoms with E-state index in [-0.39, 0.29) is 6.10 Å². The summed E-state index contributed by atoms with van der Waals surface area (Å²) in [4.78, 5) is 13.4. The minimum absolute atomic E-state index is 0.00108. The van der Waals surface area contributed by atoms with Gasteiger partial charge >= 0.3 is 0 Å². The van der Waals surface area contributed by atoms with Gasteiger partial charge in [0.05, 0.1) is 5.71 Å². The molecule has 1 unspecified atom stereocenters. The summed E-state index contributed by atoms with van der Waals surface area (Å²) in [6.45, 7) is 8.00. The van der Waals surface area contributed by atoms with Gasteiger partial charge in [-0.1, -0.05) is 32.9 Å². The van der Waals surface area contributed by atoms with Gasteiger partial charge in [0, 0.05) is 36.8 Å². The molecule has 0 aliphatic carbocycles. The van der Waals surface area contributed by atoms with Crippen LogP contribution in [0.1, 0.15) is 51.3 Å². The van der Waals surface area contributed by atoms with Crippen LogP contribution in [0.3, 0.4) is 0 Å². The SMILES string of the molecule is CC.CC.c1cc(C2=NOC(c3ccncc3)C2)ccn1. The van der Waals surface area contributed by atoms with E-state index in [2.05, 4.69) is 15.1 Å². The van der Waals surface area contributed by atoms with Crippen molar-refractivity contribution in [1.82, 2.24) is 9.97 Å². The van der Waals surface area contributed by atoms with Crippen molar-refractivity contribution in [3.05, 3.63) is 60.2 Å². The Bertz CT molecular complexity index is 526. The first-order chi connectivity index (χ1) is 10.4. The molecule has 4 heteroatoms. The maximum absolute atomic E-state index is 5.45. The van der Waals surface area contributed by atoms with Gasteiger partial charge in [0.25, 0.3) is 0 Å². The second-order valence-corrected chi connectivity index (χ2v) is 3.85. The lowest BCUT2D eigenvalue weighted by atomic mass is 10.0. The number of hydrogen-bond acceptors (Lipinski definition) is 4. The van der Waals surface area contributed by atoms with E-state index < -0.39 is 0 Å². The fraction of sp³-hybridized carbons (Fsp3) is 0.353. The van der Waals surface area contributed by atoms with E-state index in [4.69, 9.17) is 4.84 Å². The first-order valence-electron chi connectivity index (χ1n) is 7.46. The zero-order valence-electron chi connectivity index (χ0n) is 13.2. The van der Waals surface area contributed by atoms with Crippen molar-refractivity contribution < 1.29 is 4.84 Å². The van der Waals surface area contributed by atoms with E-state index in [1.807, 2.05) is 52.0 Å². The number of hydrogen-bond donors (Lipinski definition) is 0. The molecule has 0 radical (unpaired) electrons. The normalized spacial score (nSPS) is 15.6. The Kier molecular flexibility index (Phi) is 7.72. The van der Waals surface area contributed by atoms with Crippen LogP contribution in [0.15, 0.2) is 54.2 Å². The van der Waals surface area contributed by atoms with Crippen molar-refractivity contribution in [2.24, 2.45) is 5.16 Å². The third-order valence-electron chi connectivity index (χ3n) is 2.76. The average Bonchev–Trinajstić information content (AvgIpc) is 3.10. The molecule has 0 N–H and O–H groups in total. The topological polar surface area (TPSA) is 47.4 Å². The van der Waals surface area contributed by atoms with Gasteiger partial charge < -0.3 is 4.84 Å². The van der Waals surface area contributed by atoms with Crippen LogP contribution in [0, 0.1) is 0 Å². The summed E-state index contributed by atoms with van der Waals surface area (Å²) in [5, 5.41) is 4.13. The molecule has 4 nitrogen and oxygen atoms in total. The molecule has 1 aliphatic rings. The van der Waals surface area contributed by atoms with E-state index in [0.717, 1.165) is 23.3 Å². The van der Waals surface area contributed by atoms with Crippen LogP contribution >= 0.6 is 0 Å². The summed E-state index contributed by atoms with van der Waals surface area (Å²) in [5.41, 5.74) is 3.14. The van der Waals surface area contributed by atoms with Crippen molar-refractivity contribution in [3.63, 3.8) is 0 Å². The summed E-state index contributed by atoms with van der Waals surface area (Å²) in [6.07, 6.45) is 7.84. The van der Waals surface area contributed by atoms with Gasteiger partial charge in [-0.15, -0.1) is 0 Å². The zero-order chi connectivity index (χ0) is 15.5. The van der Waals surface area contributed by atoms with Crippen LogP contribution in [0.4, 0.5) is 0 Å². The van der Waals surface area contributed by atoms with Crippen LogP contribution in [0.2, 0.25) is 0 Å². The third-order valence-corrected chi connectivity index (χ3v) is 2.76. The fourth-order valence-electron chi connectivity index (χ4n) is 1.85. The van der Waals surface area contributed by atoms with E-state index >= 15 is 0 Å². The maximum atomic E-state index is 5.45. The Morgan fingerprint density at radius 3 is 1.95 bits per heavy atom. The highest BCUT2D eigenvalue weighted by atomic mass is 16.6. The number of aromatic nitrogens is 2.